The van der Waals surface area contributed by atoms with Gasteiger partial charge in [0.2, 0.25) is 0 Å². The lowest BCUT2D eigenvalue weighted by atomic mass is 9.40. The second kappa shape index (κ2) is 12.1. The molecule has 0 heterocycles. The first kappa shape index (κ1) is 32.1. The summed E-state index contributed by atoms with van der Waals surface area (Å²) >= 11 is 0. The van der Waals surface area contributed by atoms with E-state index in [9.17, 15) is 14.4 Å². The van der Waals surface area contributed by atoms with Crippen LogP contribution in [0.5, 0.6) is 11.5 Å². The average Bonchev–Trinajstić information content (AvgIpc) is 3.30. The number of hydrogen-bond acceptors (Lipinski definition) is 8. The van der Waals surface area contributed by atoms with Gasteiger partial charge in [-0.2, -0.15) is 0 Å². The number of esters is 3. The molecule has 6 rings (SSSR count). The fourth-order valence-corrected chi connectivity index (χ4v) is 10.1. The van der Waals surface area contributed by atoms with Gasteiger partial charge in [0.05, 0.1) is 14.2 Å². The first-order chi connectivity index (χ1) is 22.0. The summed E-state index contributed by atoms with van der Waals surface area (Å²) in [5, 5.41) is 0. The van der Waals surface area contributed by atoms with E-state index in [1.54, 1.807) is 37.4 Å². The summed E-state index contributed by atoms with van der Waals surface area (Å²) in [6.45, 7) is 10.4. The largest absolute Gasteiger partial charge is 0.496 e. The van der Waals surface area contributed by atoms with Gasteiger partial charge in [-0.05, 0) is 92.4 Å². The number of allylic oxidation sites excluding steroid dienone is 1. The molecule has 0 saturated heterocycles. The van der Waals surface area contributed by atoms with E-state index in [1.807, 2.05) is 18.2 Å². The molecule has 0 radical (unpaired) electrons. The summed E-state index contributed by atoms with van der Waals surface area (Å²) in [4.78, 5) is 39.8. The van der Waals surface area contributed by atoms with Crippen molar-refractivity contribution < 1.29 is 38.1 Å². The van der Waals surface area contributed by atoms with Crippen molar-refractivity contribution in [2.75, 3.05) is 20.8 Å². The molecule has 1 spiro atoms. The number of fused-ring (bicyclic) bond motifs is 3. The first-order valence-corrected chi connectivity index (χ1v) is 16.5. The van der Waals surface area contributed by atoms with E-state index in [4.69, 9.17) is 23.7 Å². The molecule has 4 aliphatic rings. The molecule has 0 aromatic heterocycles. The van der Waals surface area contributed by atoms with Crippen LogP contribution >= 0.6 is 0 Å². The summed E-state index contributed by atoms with van der Waals surface area (Å²) in [5.41, 5.74) is 0.870. The predicted molar refractivity (Wildman–Crippen MR) is 172 cm³/mol. The van der Waals surface area contributed by atoms with E-state index >= 15 is 0 Å². The third-order valence-electron chi connectivity index (χ3n) is 12.2. The van der Waals surface area contributed by atoms with Crippen molar-refractivity contribution in [2.45, 2.75) is 77.9 Å². The van der Waals surface area contributed by atoms with Crippen LogP contribution in [0, 0.1) is 34.0 Å². The highest BCUT2D eigenvalue weighted by atomic mass is 16.6. The summed E-state index contributed by atoms with van der Waals surface area (Å²) in [7, 11) is 3.08. The smallest absolute Gasteiger partial charge is 0.342 e. The Morgan fingerprint density at radius 1 is 0.826 bits per heavy atom. The Balaban J connectivity index is 1.39. The minimum atomic E-state index is -0.737. The molecule has 8 nitrogen and oxygen atoms in total. The van der Waals surface area contributed by atoms with E-state index < -0.39 is 29.6 Å². The van der Waals surface area contributed by atoms with E-state index in [2.05, 4.69) is 20.4 Å². The molecule has 46 heavy (non-hydrogen) atoms. The molecular weight excluding hydrogens is 584 g/mol. The zero-order valence-corrected chi connectivity index (χ0v) is 27.6. The zero-order valence-electron chi connectivity index (χ0n) is 27.6. The van der Waals surface area contributed by atoms with Gasteiger partial charge in [-0.25, -0.2) is 9.59 Å². The Kier molecular flexibility index (Phi) is 8.45. The molecule has 0 N–H and O–H groups in total. The van der Waals surface area contributed by atoms with Crippen LogP contribution < -0.4 is 9.47 Å². The number of ether oxygens (including phenoxy) is 5. The molecule has 1 unspecified atom stereocenters. The van der Waals surface area contributed by atoms with Crippen LogP contribution in [-0.2, 0) is 19.0 Å². The van der Waals surface area contributed by atoms with Gasteiger partial charge in [0.25, 0.3) is 0 Å². The zero-order chi connectivity index (χ0) is 32.9. The highest BCUT2D eigenvalue weighted by Gasteiger charge is 2.70. The lowest BCUT2D eigenvalue weighted by Gasteiger charge is -2.66. The van der Waals surface area contributed by atoms with Gasteiger partial charge in [0.15, 0.2) is 0 Å². The molecule has 4 aliphatic carbocycles. The number of benzene rings is 2. The predicted octanol–water partition coefficient (Wildman–Crippen LogP) is 7.21. The minimum Gasteiger partial charge on any atom is -0.496 e. The molecule has 4 saturated carbocycles. The molecule has 2 aromatic carbocycles. The molecule has 246 valence electrons. The van der Waals surface area contributed by atoms with Crippen LogP contribution in [-0.4, -0.2) is 50.9 Å². The molecule has 8 atom stereocenters. The molecule has 0 amide bonds. The van der Waals surface area contributed by atoms with Gasteiger partial charge in [0, 0.05) is 17.8 Å². The molecular formula is C38H46O8. The third-order valence-corrected chi connectivity index (χ3v) is 12.2. The summed E-state index contributed by atoms with van der Waals surface area (Å²) < 4.78 is 29.7. The van der Waals surface area contributed by atoms with Crippen LogP contribution in [0.2, 0.25) is 0 Å². The number of hydrogen-bond donors (Lipinski definition) is 0. The summed E-state index contributed by atoms with van der Waals surface area (Å²) in [5.74, 6) is 0.259. The van der Waals surface area contributed by atoms with Crippen molar-refractivity contribution in [3.05, 3.63) is 71.8 Å². The number of methoxy groups -OCH3 is 2. The van der Waals surface area contributed by atoms with Crippen LogP contribution in [0.25, 0.3) is 0 Å². The van der Waals surface area contributed by atoms with E-state index in [-0.39, 0.29) is 35.2 Å². The van der Waals surface area contributed by atoms with Crippen LogP contribution in [0.3, 0.4) is 0 Å². The van der Waals surface area contributed by atoms with Gasteiger partial charge in [-0.15, -0.1) is 0 Å². The molecule has 4 fully saturated rings. The number of carbonyl (C=O) groups is 3. The fraction of sp³-hybridized carbons (Fsp3) is 0.553. The Bertz CT molecular complexity index is 1530. The van der Waals surface area contributed by atoms with E-state index in [0.717, 1.165) is 32.1 Å². The second-order valence-electron chi connectivity index (χ2n) is 14.4. The highest BCUT2D eigenvalue weighted by molar-refractivity contribution is 5.93. The SMILES string of the molecule is C=C1C[C@]23C[C@H]1CC[C@H]2[C@]1(C)CC[C@@H](OC(=O)c2ccccc2OC)[C@](C)(COC(C)=O)C1C[C@@H]3OC(=O)c1ccccc1OC. The number of carbonyl (C=O) groups excluding carboxylic acids is 3. The molecule has 8 heteroatoms. The second-order valence-corrected chi connectivity index (χ2v) is 14.4. The average molecular weight is 631 g/mol. The topological polar surface area (TPSA) is 97.4 Å². The van der Waals surface area contributed by atoms with Gasteiger partial charge < -0.3 is 23.7 Å². The quantitative estimate of drug-likeness (QED) is 0.172. The number of para-hydroxylation sites is 2. The monoisotopic (exact) mass is 630 g/mol. The maximum atomic E-state index is 13.9. The minimum absolute atomic E-state index is 0.0694. The Morgan fingerprint density at radius 2 is 1.41 bits per heavy atom. The van der Waals surface area contributed by atoms with Gasteiger partial charge in [0.1, 0.15) is 41.4 Å². The van der Waals surface area contributed by atoms with Crippen LogP contribution in [0.1, 0.15) is 86.4 Å². The van der Waals surface area contributed by atoms with E-state index in [1.165, 1.54) is 19.6 Å². The van der Waals surface area contributed by atoms with Crippen molar-refractivity contribution in [3.63, 3.8) is 0 Å². The van der Waals surface area contributed by atoms with Crippen molar-refractivity contribution in [2.24, 2.45) is 34.0 Å². The van der Waals surface area contributed by atoms with E-state index in [0.29, 0.717) is 41.4 Å². The Morgan fingerprint density at radius 3 is 2.00 bits per heavy atom. The molecule has 0 aliphatic heterocycles. The van der Waals surface area contributed by atoms with Crippen LogP contribution in [0.4, 0.5) is 0 Å². The van der Waals surface area contributed by atoms with Crippen molar-refractivity contribution in [1.82, 2.24) is 0 Å². The fourth-order valence-electron chi connectivity index (χ4n) is 10.1. The third kappa shape index (κ3) is 5.18. The van der Waals surface area contributed by atoms with Gasteiger partial charge in [-0.1, -0.05) is 50.3 Å². The summed E-state index contributed by atoms with van der Waals surface area (Å²) in [6.07, 6.45) is 4.97. The van der Waals surface area contributed by atoms with Crippen molar-refractivity contribution in [1.29, 1.82) is 0 Å². The standard InChI is InChI=1S/C38H46O8/c1-23-20-38-21-25(23)15-16-30(38)36(3)18-17-32(45-34(40)26-11-7-9-13-28(26)42-5)37(4,22-44-24(2)39)31(36)19-33(38)46-35(41)27-12-8-10-14-29(27)43-6/h7-14,25,30-33H,1,15-22H2,2-6H3/t25-,30+,31?,32-,33+,36+,37-,38+/m1/s1. The van der Waals surface area contributed by atoms with Crippen molar-refractivity contribution >= 4 is 17.9 Å². The Labute approximate surface area is 271 Å². The maximum Gasteiger partial charge on any atom is 0.342 e. The van der Waals surface area contributed by atoms with Crippen molar-refractivity contribution in [3.8, 4) is 11.5 Å². The van der Waals surface area contributed by atoms with Gasteiger partial charge in [-0.3, -0.25) is 4.79 Å². The maximum absolute atomic E-state index is 13.9. The molecule has 2 aromatic rings. The number of rotatable bonds is 8. The lowest BCUT2D eigenvalue weighted by molar-refractivity contribution is -0.232. The van der Waals surface area contributed by atoms with Gasteiger partial charge >= 0.3 is 17.9 Å². The molecule has 2 bridgehead atoms. The lowest BCUT2D eigenvalue weighted by Crippen LogP contribution is -2.66. The Hall–Kier alpha value is -3.81. The summed E-state index contributed by atoms with van der Waals surface area (Å²) in [6, 6.07) is 14.2. The first-order valence-electron chi connectivity index (χ1n) is 16.5. The highest BCUT2D eigenvalue weighted by Crippen LogP contribution is 2.73. The normalized spacial score (nSPS) is 34.5. The van der Waals surface area contributed by atoms with Crippen LogP contribution in [0.15, 0.2) is 60.7 Å².